The first kappa shape index (κ1) is 16.3. The Morgan fingerprint density at radius 3 is 2.63 bits per heavy atom. The van der Waals surface area contributed by atoms with Crippen molar-refractivity contribution in [3.63, 3.8) is 0 Å². The molecule has 0 spiro atoms. The number of ether oxygens (including phenoxy) is 1. The lowest BCUT2D eigenvalue weighted by Crippen LogP contribution is -2.25. The van der Waals surface area contributed by atoms with Crippen molar-refractivity contribution in [2.45, 2.75) is 38.7 Å². The Kier molecular flexibility index (Phi) is 8.63. The van der Waals surface area contributed by atoms with Gasteiger partial charge in [0.05, 0.1) is 12.7 Å². The zero-order chi connectivity index (χ0) is 13.9. The fraction of sp³-hybridized carbons (Fsp3) is 0.600. The molecule has 0 aliphatic rings. The molecule has 0 amide bonds. The number of aliphatic hydroxyl groups is 1. The summed E-state index contributed by atoms with van der Waals surface area (Å²) in [7, 11) is 0. The van der Waals surface area contributed by atoms with Gasteiger partial charge >= 0.3 is 0 Å². The summed E-state index contributed by atoms with van der Waals surface area (Å²) in [6, 6.07) is 7.42. The first-order chi connectivity index (χ1) is 9.22. The van der Waals surface area contributed by atoms with E-state index in [9.17, 15) is 5.11 Å². The number of aliphatic hydroxyl groups excluding tert-OH is 1. The molecule has 1 aromatic carbocycles. The van der Waals surface area contributed by atoms with Crippen molar-refractivity contribution in [1.82, 2.24) is 0 Å². The first-order valence-corrected chi connectivity index (χ1v) is 7.35. The standard InChI is InChI=1S/C15H24ClNO2/c1-2-3-4-5-10-19-12-15(18)11-17-14-8-6-13(16)7-9-14/h6-9,15,17-18H,2-5,10-12H2,1H3. The highest BCUT2D eigenvalue weighted by molar-refractivity contribution is 6.30. The molecule has 0 aliphatic carbocycles. The van der Waals surface area contributed by atoms with E-state index in [1.54, 1.807) is 0 Å². The predicted octanol–water partition coefficient (Wildman–Crippen LogP) is 3.71. The molecule has 108 valence electrons. The van der Waals surface area contributed by atoms with Crippen LogP contribution in [0.5, 0.6) is 0 Å². The molecule has 0 aliphatic heterocycles. The third kappa shape index (κ3) is 8.09. The lowest BCUT2D eigenvalue weighted by atomic mass is 10.2. The maximum Gasteiger partial charge on any atom is 0.0945 e. The predicted molar refractivity (Wildman–Crippen MR) is 80.9 cm³/mol. The van der Waals surface area contributed by atoms with Gasteiger partial charge in [0.25, 0.3) is 0 Å². The van der Waals surface area contributed by atoms with Crippen LogP contribution in [0.15, 0.2) is 24.3 Å². The molecule has 0 radical (unpaired) electrons. The lowest BCUT2D eigenvalue weighted by Gasteiger charge is -2.13. The summed E-state index contributed by atoms with van der Waals surface area (Å²) in [5.41, 5.74) is 0.950. The van der Waals surface area contributed by atoms with Crippen molar-refractivity contribution in [3.8, 4) is 0 Å². The minimum absolute atomic E-state index is 0.382. The summed E-state index contributed by atoms with van der Waals surface area (Å²) in [6.07, 6.45) is 4.28. The van der Waals surface area contributed by atoms with Gasteiger partial charge in [0.2, 0.25) is 0 Å². The largest absolute Gasteiger partial charge is 0.389 e. The fourth-order valence-corrected chi connectivity index (χ4v) is 1.84. The van der Waals surface area contributed by atoms with E-state index >= 15 is 0 Å². The normalized spacial score (nSPS) is 12.4. The van der Waals surface area contributed by atoms with Crippen molar-refractivity contribution in [2.75, 3.05) is 25.1 Å². The van der Waals surface area contributed by atoms with Crippen molar-refractivity contribution >= 4 is 17.3 Å². The monoisotopic (exact) mass is 285 g/mol. The maximum atomic E-state index is 9.75. The van der Waals surface area contributed by atoms with Crippen LogP contribution in [0, 0.1) is 0 Å². The number of rotatable bonds is 10. The number of nitrogens with one attached hydrogen (secondary N) is 1. The van der Waals surface area contributed by atoms with Crippen LogP contribution in [0.3, 0.4) is 0 Å². The second-order valence-corrected chi connectivity index (χ2v) is 5.11. The highest BCUT2D eigenvalue weighted by Gasteiger charge is 2.03. The number of benzene rings is 1. The highest BCUT2D eigenvalue weighted by atomic mass is 35.5. The van der Waals surface area contributed by atoms with Crippen LogP contribution in [0.1, 0.15) is 32.6 Å². The van der Waals surface area contributed by atoms with Gasteiger partial charge in [0, 0.05) is 23.9 Å². The number of hydrogen-bond acceptors (Lipinski definition) is 3. The molecule has 1 rings (SSSR count). The summed E-state index contributed by atoms with van der Waals surface area (Å²) >= 11 is 5.80. The molecule has 0 heterocycles. The van der Waals surface area contributed by atoms with E-state index in [2.05, 4.69) is 12.2 Å². The molecule has 0 saturated heterocycles. The van der Waals surface area contributed by atoms with E-state index in [0.717, 1.165) is 18.7 Å². The summed E-state index contributed by atoms with van der Waals surface area (Å²) < 4.78 is 5.44. The number of unbranched alkanes of at least 4 members (excludes halogenated alkanes) is 3. The third-order valence-electron chi connectivity index (χ3n) is 2.84. The minimum Gasteiger partial charge on any atom is -0.389 e. The van der Waals surface area contributed by atoms with Gasteiger partial charge in [0.1, 0.15) is 0 Å². The molecule has 1 aromatic rings. The van der Waals surface area contributed by atoms with Crippen LogP contribution < -0.4 is 5.32 Å². The molecule has 0 bridgehead atoms. The summed E-state index contributed by atoms with van der Waals surface area (Å²) in [5.74, 6) is 0. The number of hydrogen-bond donors (Lipinski definition) is 2. The second-order valence-electron chi connectivity index (χ2n) is 4.68. The molecule has 2 N–H and O–H groups in total. The van der Waals surface area contributed by atoms with Gasteiger partial charge in [-0.2, -0.15) is 0 Å². The molecule has 1 unspecified atom stereocenters. The Morgan fingerprint density at radius 2 is 1.95 bits per heavy atom. The van der Waals surface area contributed by atoms with E-state index in [0.29, 0.717) is 18.2 Å². The number of halogens is 1. The average Bonchev–Trinajstić information content (AvgIpc) is 2.42. The molecule has 0 fully saturated rings. The Hall–Kier alpha value is -0.770. The van der Waals surface area contributed by atoms with Gasteiger partial charge in [-0.25, -0.2) is 0 Å². The fourth-order valence-electron chi connectivity index (χ4n) is 1.71. The molecular formula is C15H24ClNO2. The zero-order valence-corrected chi connectivity index (χ0v) is 12.3. The first-order valence-electron chi connectivity index (χ1n) is 6.97. The Bertz CT molecular complexity index is 329. The van der Waals surface area contributed by atoms with Crippen molar-refractivity contribution in [3.05, 3.63) is 29.3 Å². The van der Waals surface area contributed by atoms with E-state index in [1.165, 1.54) is 19.3 Å². The average molecular weight is 286 g/mol. The molecule has 4 heteroatoms. The second kappa shape index (κ2) is 10.1. The number of anilines is 1. The van der Waals surface area contributed by atoms with Crippen LogP contribution in [0.4, 0.5) is 5.69 Å². The topological polar surface area (TPSA) is 41.5 Å². The quantitative estimate of drug-likeness (QED) is 0.644. The Balaban J connectivity index is 2.04. The van der Waals surface area contributed by atoms with Crippen LogP contribution in [-0.2, 0) is 4.74 Å². The van der Waals surface area contributed by atoms with Crippen molar-refractivity contribution < 1.29 is 9.84 Å². The summed E-state index contributed by atoms with van der Waals surface area (Å²) in [5, 5.41) is 13.6. The van der Waals surface area contributed by atoms with E-state index in [1.807, 2.05) is 24.3 Å². The van der Waals surface area contributed by atoms with Crippen molar-refractivity contribution in [2.24, 2.45) is 0 Å². The van der Waals surface area contributed by atoms with Crippen LogP contribution in [0.25, 0.3) is 0 Å². The zero-order valence-electron chi connectivity index (χ0n) is 11.6. The maximum absolute atomic E-state index is 9.75. The van der Waals surface area contributed by atoms with Gasteiger partial charge in [-0.3, -0.25) is 0 Å². The van der Waals surface area contributed by atoms with E-state index in [-0.39, 0.29) is 0 Å². The molecule has 1 atom stereocenters. The van der Waals surface area contributed by atoms with Crippen LogP contribution in [-0.4, -0.2) is 31.0 Å². The summed E-state index contributed by atoms with van der Waals surface area (Å²) in [4.78, 5) is 0. The molecule has 0 saturated carbocycles. The SMILES string of the molecule is CCCCCCOCC(O)CNc1ccc(Cl)cc1. The molecule has 19 heavy (non-hydrogen) atoms. The van der Waals surface area contributed by atoms with Gasteiger partial charge < -0.3 is 15.2 Å². The molecule has 3 nitrogen and oxygen atoms in total. The van der Waals surface area contributed by atoms with E-state index in [4.69, 9.17) is 16.3 Å². The summed E-state index contributed by atoms with van der Waals surface area (Å²) in [6.45, 7) is 3.79. The highest BCUT2D eigenvalue weighted by Crippen LogP contribution is 2.13. The van der Waals surface area contributed by atoms with Gasteiger partial charge in [-0.1, -0.05) is 37.8 Å². The van der Waals surface area contributed by atoms with Crippen molar-refractivity contribution in [1.29, 1.82) is 0 Å². The molecule has 0 aromatic heterocycles. The minimum atomic E-state index is -0.484. The Morgan fingerprint density at radius 1 is 1.21 bits per heavy atom. The van der Waals surface area contributed by atoms with Crippen LogP contribution in [0.2, 0.25) is 5.02 Å². The smallest absolute Gasteiger partial charge is 0.0945 e. The van der Waals surface area contributed by atoms with Crippen LogP contribution >= 0.6 is 11.6 Å². The van der Waals surface area contributed by atoms with Gasteiger partial charge in [-0.15, -0.1) is 0 Å². The van der Waals surface area contributed by atoms with Gasteiger partial charge in [-0.05, 0) is 30.7 Å². The third-order valence-corrected chi connectivity index (χ3v) is 3.09. The molecular weight excluding hydrogens is 262 g/mol. The Labute approximate surface area is 120 Å². The van der Waals surface area contributed by atoms with Gasteiger partial charge in [0.15, 0.2) is 0 Å². The van der Waals surface area contributed by atoms with E-state index < -0.39 is 6.10 Å². The lowest BCUT2D eigenvalue weighted by molar-refractivity contribution is 0.0417.